The fourth-order valence-electron chi connectivity index (χ4n) is 3.75. The minimum atomic E-state index is -0.639. The number of carbonyl (C=O) groups is 2. The van der Waals surface area contributed by atoms with Crippen molar-refractivity contribution in [3.8, 4) is 11.5 Å². The monoisotopic (exact) mass is 342 g/mol. The number of cyclic esters (lactones) is 2. The van der Waals surface area contributed by atoms with Crippen LogP contribution in [-0.2, 0) is 11.2 Å². The smallest absolute Gasteiger partial charge is 0.350 e. The number of rotatable bonds is 2. The molecular weight excluding hydrogens is 328 g/mol. The minimum Gasteiger partial charge on any atom is -0.456 e. The lowest BCUT2D eigenvalue weighted by Gasteiger charge is -2.29. The van der Waals surface area contributed by atoms with E-state index in [9.17, 15) is 9.59 Å². The van der Waals surface area contributed by atoms with Gasteiger partial charge in [0.1, 0.15) is 17.1 Å². The van der Waals surface area contributed by atoms with E-state index in [0.29, 0.717) is 11.5 Å². The molecule has 126 valence electrons. The summed E-state index contributed by atoms with van der Waals surface area (Å²) in [4.78, 5) is 24.1. The second-order valence-corrected chi connectivity index (χ2v) is 6.47. The molecule has 3 aromatic rings. The Labute approximate surface area is 150 Å². The first-order valence-electron chi connectivity index (χ1n) is 8.46. The van der Waals surface area contributed by atoms with Gasteiger partial charge in [-0.1, -0.05) is 54.6 Å². The molecule has 0 aromatic heterocycles. The van der Waals surface area contributed by atoms with Gasteiger partial charge in [0, 0.05) is 17.0 Å². The summed E-state index contributed by atoms with van der Waals surface area (Å²) in [6, 6.07) is 21.5. The summed E-state index contributed by atoms with van der Waals surface area (Å²) in [7, 11) is 0. The normalized spacial score (nSPS) is 17.0. The maximum Gasteiger partial charge on any atom is 0.350 e. The van der Waals surface area contributed by atoms with Crippen LogP contribution in [0, 0.1) is 0 Å². The summed E-state index contributed by atoms with van der Waals surface area (Å²) < 4.78 is 10.8. The van der Waals surface area contributed by atoms with Gasteiger partial charge in [-0.2, -0.15) is 0 Å². The second-order valence-electron chi connectivity index (χ2n) is 6.47. The molecule has 0 amide bonds. The van der Waals surface area contributed by atoms with Gasteiger partial charge in [-0.15, -0.1) is 0 Å². The molecule has 2 heterocycles. The number of hydrogen-bond donors (Lipinski definition) is 0. The number of esters is 2. The summed E-state index contributed by atoms with van der Waals surface area (Å²) in [5.74, 6) is -0.0693. The van der Waals surface area contributed by atoms with Crippen molar-refractivity contribution in [2.45, 2.75) is 12.3 Å². The molecule has 5 rings (SSSR count). The van der Waals surface area contributed by atoms with E-state index >= 15 is 0 Å². The standard InChI is InChI=1S/C22H14O4/c23-21-16-11-10-15-17(12-13-6-2-1-3-7-13)14-8-4-5-9-18(14)25-20(15)19(16)22(24)26-21/h1-11,17H,12H2. The molecule has 4 nitrogen and oxygen atoms in total. The van der Waals surface area contributed by atoms with Crippen molar-refractivity contribution in [2.75, 3.05) is 0 Å². The van der Waals surface area contributed by atoms with E-state index < -0.39 is 11.9 Å². The van der Waals surface area contributed by atoms with E-state index in [1.165, 1.54) is 5.56 Å². The molecule has 0 saturated heterocycles. The van der Waals surface area contributed by atoms with Crippen molar-refractivity contribution in [1.29, 1.82) is 0 Å². The van der Waals surface area contributed by atoms with Crippen molar-refractivity contribution in [3.63, 3.8) is 0 Å². The van der Waals surface area contributed by atoms with Crippen LogP contribution in [0.4, 0.5) is 0 Å². The summed E-state index contributed by atoms with van der Waals surface area (Å²) >= 11 is 0. The van der Waals surface area contributed by atoms with Gasteiger partial charge in [-0.3, -0.25) is 0 Å². The third-order valence-electron chi connectivity index (χ3n) is 4.96. The topological polar surface area (TPSA) is 52.6 Å². The van der Waals surface area contributed by atoms with Gasteiger partial charge in [0.25, 0.3) is 0 Å². The highest BCUT2D eigenvalue weighted by Crippen LogP contribution is 2.48. The number of para-hydroxylation sites is 1. The average Bonchev–Trinajstić information content (AvgIpc) is 2.96. The Bertz CT molecular complexity index is 1050. The molecular formula is C22H14O4. The number of benzene rings is 3. The van der Waals surface area contributed by atoms with E-state index in [2.05, 4.69) is 12.1 Å². The van der Waals surface area contributed by atoms with Gasteiger partial charge < -0.3 is 9.47 Å². The molecule has 26 heavy (non-hydrogen) atoms. The highest BCUT2D eigenvalue weighted by Gasteiger charge is 2.38. The van der Waals surface area contributed by atoms with Crippen LogP contribution in [0.15, 0.2) is 66.7 Å². The lowest BCUT2D eigenvalue weighted by molar-refractivity contribution is 0.0443. The average molecular weight is 342 g/mol. The Morgan fingerprint density at radius 1 is 0.731 bits per heavy atom. The summed E-state index contributed by atoms with van der Waals surface area (Å²) in [6.45, 7) is 0. The maximum atomic E-state index is 12.2. The molecule has 2 aliphatic heterocycles. The van der Waals surface area contributed by atoms with Gasteiger partial charge >= 0.3 is 11.9 Å². The van der Waals surface area contributed by atoms with Crippen LogP contribution in [-0.4, -0.2) is 11.9 Å². The lowest BCUT2D eigenvalue weighted by atomic mass is 9.82. The van der Waals surface area contributed by atoms with Crippen molar-refractivity contribution in [1.82, 2.24) is 0 Å². The van der Waals surface area contributed by atoms with Gasteiger partial charge in [-0.05, 0) is 24.1 Å². The molecule has 4 heteroatoms. The predicted molar refractivity (Wildman–Crippen MR) is 94.7 cm³/mol. The minimum absolute atomic E-state index is 0.0335. The van der Waals surface area contributed by atoms with Crippen LogP contribution in [0.2, 0.25) is 0 Å². The fourth-order valence-corrected chi connectivity index (χ4v) is 3.75. The van der Waals surface area contributed by atoms with Crippen LogP contribution in [0.1, 0.15) is 43.3 Å². The SMILES string of the molecule is O=C1OC(=O)c2c1ccc1c2Oc2ccccc2C1Cc1ccccc1. The number of carbonyl (C=O) groups excluding carboxylic acids is 2. The fraction of sp³-hybridized carbons (Fsp3) is 0.0909. The molecule has 0 aliphatic carbocycles. The Morgan fingerprint density at radius 3 is 2.35 bits per heavy atom. The van der Waals surface area contributed by atoms with E-state index in [4.69, 9.17) is 9.47 Å². The first-order chi connectivity index (χ1) is 12.7. The Hall–Kier alpha value is -3.40. The number of ether oxygens (including phenoxy) is 2. The highest BCUT2D eigenvalue weighted by atomic mass is 16.6. The summed E-state index contributed by atoms with van der Waals surface area (Å²) in [5, 5.41) is 0. The number of fused-ring (bicyclic) bond motifs is 4. The van der Waals surface area contributed by atoms with Crippen LogP contribution in [0.25, 0.3) is 0 Å². The van der Waals surface area contributed by atoms with Crippen molar-refractivity contribution >= 4 is 11.9 Å². The zero-order chi connectivity index (χ0) is 17.7. The summed E-state index contributed by atoms with van der Waals surface area (Å²) in [5.41, 5.74) is 3.67. The number of hydrogen-bond acceptors (Lipinski definition) is 4. The third-order valence-corrected chi connectivity index (χ3v) is 4.96. The van der Waals surface area contributed by atoms with Gasteiger partial charge in [-0.25, -0.2) is 9.59 Å². The zero-order valence-electron chi connectivity index (χ0n) is 13.8. The van der Waals surface area contributed by atoms with Gasteiger partial charge in [0.2, 0.25) is 0 Å². The molecule has 2 aliphatic rings. The molecule has 0 fully saturated rings. The highest BCUT2D eigenvalue weighted by molar-refractivity contribution is 6.16. The zero-order valence-corrected chi connectivity index (χ0v) is 13.8. The largest absolute Gasteiger partial charge is 0.456 e. The summed E-state index contributed by atoms with van der Waals surface area (Å²) in [6.07, 6.45) is 0.774. The first-order valence-corrected chi connectivity index (χ1v) is 8.46. The molecule has 1 unspecified atom stereocenters. The van der Waals surface area contributed by atoms with Crippen LogP contribution in [0.3, 0.4) is 0 Å². The van der Waals surface area contributed by atoms with Gasteiger partial charge in [0.05, 0.1) is 5.56 Å². The van der Waals surface area contributed by atoms with Crippen molar-refractivity contribution in [2.24, 2.45) is 0 Å². The molecule has 3 aromatic carbocycles. The third kappa shape index (κ3) is 2.15. The van der Waals surface area contributed by atoms with Crippen molar-refractivity contribution < 1.29 is 19.1 Å². The molecule has 1 atom stereocenters. The van der Waals surface area contributed by atoms with E-state index in [1.54, 1.807) is 6.07 Å². The van der Waals surface area contributed by atoms with Crippen LogP contribution < -0.4 is 4.74 Å². The quantitative estimate of drug-likeness (QED) is 0.509. The van der Waals surface area contributed by atoms with E-state index in [1.807, 2.05) is 48.5 Å². The van der Waals surface area contributed by atoms with E-state index in [-0.39, 0.29) is 17.0 Å². The Balaban J connectivity index is 1.70. The van der Waals surface area contributed by atoms with Crippen molar-refractivity contribution in [3.05, 3.63) is 94.5 Å². The van der Waals surface area contributed by atoms with Crippen LogP contribution in [0.5, 0.6) is 11.5 Å². The molecule has 0 radical (unpaired) electrons. The maximum absolute atomic E-state index is 12.2. The predicted octanol–water partition coefficient (Wildman–Crippen LogP) is 4.48. The molecule has 0 bridgehead atoms. The second kappa shape index (κ2) is 5.56. The van der Waals surface area contributed by atoms with E-state index in [0.717, 1.165) is 17.5 Å². The Morgan fingerprint density at radius 2 is 1.50 bits per heavy atom. The van der Waals surface area contributed by atoms with Gasteiger partial charge in [0.15, 0.2) is 0 Å². The first kappa shape index (κ1) is 14.9. The molecule has 0 saturated carbocycles. The Kier molecular flexibility index (Phi) is 3.19. The van der Waals surface area contributed by atoms with Crippen LogP contribution >= 0.6 is 0 Å². The molecule has 0 spiro atoms. The molecule has 0 N–H and O–H groups in total. The lowest BCUT2D eigenvalue weighted by Crippen LogP contribution is -2.15.